The summed E-state index contributed by atoms with van der Waals surface area (Å²) in [5.41, 5.74) is 0.728. The van der Waals surface area contributed by atoms with Crippen LogP contribution < -0.4 is 16.0 Å². The van der Waals surface area contributed by atoms with Gasteiger partial charge in [-0.15, -0.1) is 0 Å². The van der Waals surface area contributed by atoms with Crippen LogP contribution in [0.5, 0.6) is 0 Å². The average molecular weight is 345 g/mol. The number of ether oxygens (including phenoxy) is 1. The molecule has 2 aromatic rings. The van der Waals surface area contributed by atoms with E-state index in [2.05, 4.69) is 10.6 Å². The minimum absolute atomic E-state index is 0.0762. The highest BCUT2D eigenvalue weighted by molar-refractivity contribution is 6.02. The number of benzene rings is 2. The van der Waals surface area contributed by atoms with Gasteiger partial charge in [-0.2, -0.15) is 0 Å². The van der Waals surface area contributed by atoms with E-state index in [1.165, 1.54) is 30.3 Å². The van der Waals surface area contributed by atoms with Crippen molar-refractivity contribution in [2.24, 2.45) is 0 Å². The number of nitrogens with one attached hydrogen (secondary N) is 3. The van der Waals surface area contributed by atoms with E-state index in [0.717, 1.165) is 0 Å². The number of halogens is 1. The Morgan fingerprint density at radius 1 is 1.00 bits per heavy atom. The highest BCUT2D eigenvalue weighted by Crippen LogP contribution is 2.15. The molecule has 130 valence electrons. The molecule has 0 spiro atoms. The van der Waals surface area contributed by atoms with Crippen LogP contribution >= 0.6 is 0 Å². The fourth-order valence-electron chi connectivity index (χ4n) is 1.97. The van der Waals surface area contributed by atoms with Crippen LogP contribution in [0.3, 0.4) is 0 Å². The Morgan fingerprint density at radius 2 is 1.64 bits per heavy atom. The average Bonchev–Trinajstić information content (AvgIpc) is 2.61. The lowest BCUT2D eigenvalue weighted by Crippen LogP contribution is -2.37. The highest BCUT2D eigenvalue weighted by Gasteiger charge is 2.15. The van der Waals surface area contributed by atoms with Crippen molar-refractivity contribution in [3.8, 4) is 0 Å². The van der Waals surface area contributed by atoms with Crippen LogP contribution in [0.25, 0.3) is 0 Å². The third-order valence-corrected chi connectivity index (χ3v) is 3.13. The molecule has 0 saturated carbocycles. The summed E-state index contributed by atoms with van der Waals surface area (Å²) in [7, 11) is 1.64. The number of hydrogen-bond acceptors (Lipinski definition) is 5. The number of hydrogen-bond donors (Lipinski definition) is 3. The van der Waals surface area contributed by atoms with Crippen LogP contribution in [0.15, 0.2) is 48.5 Å². The molecule has 8 heteroatoms. The molecule has 0 aliphatic carbocycles. The number of urea groups is 1. The van der Waals surface area contributed by atoms with E-state index >= 15 is 0 Å². The zero-order valence-corrected chi connectivity index (χ0v) is 13.3. The number of anilines is 2. The summed E-state index contributed by atoms with van der Waals surface area (Å²) in [6.07, 6.45) is 0. The Bertz CT molecular complexity index is 795. The largest absolute Gasteiger partial charge is 0.452 e. The SMILES string of the molecule is CNc1ccccc1C(=O)OCC(=O)NC(=O)Nc1ccccc1F. The number of amides is 3. The van der Waals surface area contributed by atoms with Gasteiger partial charge in [0.1, 0.15) is 5.82 Å². The van der Waals surface area contributed by atoms with E-state index < -0.39 is 30.3 Å². The second-order valence-electron chi connectivity index (χ2n) is 4.85. The zero-order chi connectivity index (χ0) is 18.2. The molecular weight excluding hydrogens is 329 g/mol. The second kappa shape index (κ2) is 8.44. The molecule has 3 amide bonds. The smallest absolute Gasteiger partial charge is 0.340 e. The molecule has 0 radical (unpaired) electrons. The molecule has 7 nitrogen and oxygen atoms in total. The summed E-state index contributed by atoms with van der Waals surface area (Å²) >= 11 is 0. The molecular formula is C17H16FN3O4. The van der Waals surface area contributed by atoms with Crippen molar-refractivity contribution in [1.29, 1.82) is 0 Å². The predicted molar refractivity (Wildman–Crippen MR) is 89.8 cm³/mol. The third kappa shape index (κ3) is 5.03. The lowest BCUT2D eigenvalue weighted by atomic mass is 10.2. The Kier molecular flexibility index (Phi) is 6.05. The van der Waals surface area contributed by atoms with Gasteiger partial charge in [0.15, 0.2) is 6.61 Å². The summed E-state index contributed by atoms with van der Waals surface area (Å²) in [6.45, 7) is -0.651. The van der Waals surface area contributed by atoms with Gasteiger partial charge in [-0.25, -0.2) is 14.0 Å². The highest BCUT2D eigenvalue weighted by atomic mass is 19.1. The Labute approximate surface area is 143 Å². The summed E-state index contributed by atoms with van der Waals surface area (Å²) in [5, 5.41) is 6.95. The van der Waals surface area contributed by atoms with Crippen molar-refractivity contribution in [3.63, 3.8) is 0 Å². The normalized spacial score (nSPS) is 9.84. The van der Waals surface area contributed by atoms with Crippen molar-refractivity contribution in [2.75, 3.05) is 24.3 Å². The van der Waals surface area contributed by atoms with Gasteiger partial charge < -0.3 is 15.4 Å². The second-order valence-corrected chi connectivity index (χ2v) is 4.85. The first-order chi connectivity index (χ1) is 12.0. The quantitative estimate of drug-likeness (QED) is 0.723. The lowest BCUT2D eigenvalue weighted by molar-refractivity contribution is -0.123. The first kappa shape index (κ1) is 17.9. The number of imide groups is 1. The molecule has 0 bridgehead atoms. The molecule has 0 aromatic heterocycles. The molecule has 2 rings (SSSR count). The fourth-order valence-corrected chi connectivity index (χ4v) is 1.97. The van der Waals surface area contributed by atoms with Crippen LogP contribution in [0.2, 0.25) is 0 Å². The van der Waals surface area contributed by atoms with Gasteiger partial charge in [-0.1, -0.05) is 24.3 Å². The zero-order valence-electron chi connectivity index (χ0n) is 13.3. The van der Waals surface area contributed by atoms with Gasteiger partial charge in [-0.3, -0.25) is 10.1 Å². The fraction of sp³-hybridized carbons (Fsp3) is 0.118. The van der Waals surface area contributed by atoms with Crippen LogP contribution in [-0.4, -0.2) is 31.6 Å². The Hall–Kier alpha value is -3.42. The van der Waals surface area contributed by atoms with Crippen molar-refractivity contribution < 1.29 is 23.5 Å². The first-order valence-corrected chi connectivity index (χ1v) is 7.30. The van der Waals surface area contributed by atoms with Gasteiger partial charge >= 0.3 is 12.0 Å². The number of para-hydroxylation sites is 2. The molecule has 0 atom stereocenters. The maximum Gasteiger partial charge on any atom is 0.340 e. The summed E-state index contributed by atoms with van der Waals surface area (Å²) < 4.78 is 18.3. The van der Waals surface area contributed by atoms with Gasteiger partial charge in [0.05, 0.1) is 11.3 Å². The Balaban J connectivity index is 1.85. The first-order valence-electron chi connectivity index (χ1n) is 7.30. The number of esters is 1. The molecule has 25 heavy (non-hydrogen) atoms. The molecule has 2 aromatic carbocycles. The van der Waals surface area contributed by atoms with Crippen molar-refractivity contribution in [2.45, 2.75) is 0 Å². The van der Waals surface area contributed by atoms with Crippen LogP contribution in [0, 0.1) is 5.82 Å². The molecule has 0 fully saturated rings. The maximum absolute atomic E-state index is 13.4. The van der Waals surface area contributed by atoms with Gasteiger partial charge in [0.25, 0.3) is 5.91 Å². The topological polar surface area (TPSA) is 96.5 Å². The number of rotatable bonds is 5. The molecule has 0 heterocycles. The van der Waals surface area contributed by atoms with Crippen LogP contribution in [0.4, 0.5) is 20.6 Å². The standard InChI is InChI=1S/C17H16FN3O4/c1-19-13-8-4-2-6-11(13)16(23)25-10-15(22)21-17(24)20-14-9-5-3-7-12(14)18/h2-9,19H,10H2,1H3,(H2,20,21,22,24). The van der Waals surface area contributed by atoms with Crippen LogP contribution in [0.1, 0.15) is 10.4 Å². The Morgan fingerprint density at radius 3 is 2.32 bits per heavy atom. The van der Waals surface area contributed by atoms with Crippen molar-refractivity contribution in [3.05, 3.63) is 59.9 Å². The third-order valence-electron chi connectivity index (χ3n) is 3.13. The van der Waals surface area contributed by atoms with E-state index in [0.29, 0.717) is 5.69 Å². The summed E-state index contributed by atoms with van der Waals surface area (Å²) in [5.74, 6) is -2.20. The number of carbonyl (C=O) groups excluding carboxylic acids is 3. The van der Waals surface area contributed by atoms with Gasteiger partial charge in [0.2, 0.25) is 0 Å². The molecule has 0 aliphatic rings. The lowest BCUT2D eigenvalue weighted by Gasteiger charge is -2.10. The minimum atomic E-state index is -0.929. The van der Waals surface area contributed by atoms with Gasteiger partial charge in [0, 0.05) is 12.7 Å². The van der Waals surface area contributed by atoms with E-state index in [4.69, 9.17) is 4.74 Å². The van der Waals surface area contributed by atoms with Crippen LogP contribution in [-0.2, 0) is 9.53 Å². The van der Waals surface area contributed by atoms with Gasteiger partial charge in [-0.05, 0) is 24.3 Å². The molecule has 0 aliphatic heterocycles. The summed E-state index contributed by atoms with van der Waals surface area (Å²) in [6, 6.07) is 11.2. The molecule has 0 saturated heterocycles. The van der Waals surface area contributed by atoms with E-state index in [1.807, 2.05) is 5.32 Å². The van der Waals surface area contributed by atoms with E-state index in [9.17, 15) is 18.8 Å². The molecule has 3 N–H and O–H groups in total. The van der Waals surface area contributed by atoms with Crippen molar-refractivity contribution >= 4 is 29.3 Å². The summed E-state index contributed by atoms with van der Waals surface area (Å²) in [4.78, 5) is 35.2. The number of carbonyl (C=O) groups is 3. The maximum atomic E-state index is 13.4. The van der Waals surface area contributed by atoms with Crippen molar-refractivity contribution in [1.82, 2.24) is 5.32 Å². The van der Waals surface area contributed by atoms with E-state index in [-0.39, 0.29) is 11.3 Å². The van der Waals surface area contributed by atoms with E-state index in [1.54, 1.807) is 25.2 Å². The molecule has 0 unspecified atom stereocenters. The monoisotopic (exact) mass is 345 g/mol. The predicted octanol–water partition coefficient (Wildman–Crippen LogP) is 2.37. The minimum Gasteiger partial charge on any atom is -0.452 e.